The molecule has 0 spiro atoms. The molecule has 1 saturated carbocycles. The maximum absolute atomic E-state index is 10.8. The summed E-state index contributed by atoms with van der Waals surface area (Å²) in [5.74, 6) is -0.828. The van der Waals surface area contributed by atoms with Gasteiger partial charge in [-0.3, -0.25) is 4.79 Å². The lowest BCUT2D eigenvalue weighted by atomic mass is 10.1. The van der Waals surface area contributed by atoms with Crippen LogP contribution in [-0.4, -0.2) is 11.1 Å². The number of aliphatic carboxylic acids is 1. The third-order valence-electron chi connectivity index (χ3n) is 2.82. The van der Waals surface area contributed by atoms with E-state index < -0.39 is 5.97 Å². The second kappa shape index (κ2) is 3.77. The highest BCUT2D eigenvalue weighted by Crippen LogP contribution is 2.59. The summed E-state index contributed by atoms with van der Waals surface area (Å²) in [4.78, 5) is 10.8. The van der Waals surface area contributed by atoms with Gasteiger partial charge in [0.1, 0.15) is 0 Å². The summed E-state index contributed by atoms with van der Waals surface area (Å²) in [6.07, 6.45) is 5.53. The van der Waals surface area contributed by atoms with E-state index in [1.165, 1.54) is 0 Å². The summed E-state index contributed by atoms with van der Waals surface area (Å²) in [6.45, 7) is 5.73. The standard InChI is InChI=1S/C11H15ClO2/c1-7(12)5-4-6-8-9(10(13)14)11(8,2)3/h4-6,8-9H,1-3H3,(H,13,14). The minimum Gasteiger partial charge on any atom is -0.481 e. The molecule has 2 unspecified atom stereocenters. The molecular formula is C11H15ClO2. The van der Waals surface area contributed by atoms with E-state index >= 15 is 0 Å². The van der Waals surface area contributed by atoms with Gasteiger partial charge in [-0.25, -0.2) is 0 Å². The first-order valence-corrected chi connectivity index (χ1v) is 4.98. The van der Waals surface area contributed by atoms with Crippen molar-refractivity contribution in [1.82, 2.24) is 0 Å². The van der Waals surface area contributed by atoms with E-state index in [0.29, 0.717) is 5.03 Å². The van der Waals surface area contributed by atoms with Gasteiger partial charge in [0.05, 0.1) is 5.92 Å². The number of allylic oxidation sites excluding steroid dienone is 4. The molecule has 14 heavy (non-hydrogen) atoms. The molecule has 0 radical (unpaired) electrons. The molecule has 3 heteroatoms. The largest absolute Gasteiger partial charge is 0.481 e. The van der Waals surface area contributed by atoms with Crippen LogP contribution in [0.3, 0.4) is 0 Å². The molecule has 0 saturated heterocycles. The second-order valence-corrected chi connectivity index (χ2v) is 4.90. The zero-order chi connectivity index (χ0) is 10.9. The van der Waals surface area contributed by atoms with Crippen molar-refractivity contribution >= 4 is 17.6 Å². The first kappa shape index (κ1) is 11.3. The van der Waals surface area contributed by atoms with Crippen LogP contribution >= 0.6 is 11.6 Å². The van der Waals surface area contributed by atoms with Crippen LogP contribution in [-0.2, 0) is 4.79 Å². The number of carboxylic acid groups (broad SMARTS) is 1. The predicted molar refractivity (Wildman–Crippen MR) is 57.1 cm³/mol. The first-order valence-electron chi connectivity index (χ1n) is 4.60. The zero-order valence-corrected chi connectivity index (χ0v) is 9.38. The van der Waals surface area contributed by atoms with Crippen LogP contribution in [0.25, 0.3) is 0 Å². The molecule has 0 bridgehead atoms. The molecule has 0 aromatic rings. The van der Waals surface area contributed by atoms with E-state index in [0.717, 1.165) is 0 Å². The van der Waals surface area contributed by atoms with Gasteiger partial charge in [-0.1, -0.05) is 37.6 Å². The summed E-state index contributed by atoms with van der Waals surface area (Å²) >= 11 is 5.65. The van der Waals surface area contributed by atoms with Gasteiger partial charge in [0.15, 0.2) is 0 Å². The Bertz CT molecular complexity index is 298. The lowest BCUT2D eigenvalue weighted by molar-refractivity contribution is -0.139. The van der Waals surface area contributed by atoms with Gasteiger partial charge in [-0.15, -0.1) is 0 Å². The van der Waals surface area contributed by atoms with Crippen molar-refractivity contribution in [2.24, 2.45) is 17.3 Å². The fourth-order valence-corrected chi connectivity index (χ4v) is 1.89. The maximum atomic E-state index is 10.8. The molecule has 1 aliphatic carbocycles. The third-order valence-corrected chi connectivity index (χ3v) is 2.95. The zero-order valence-electron chi connectivity index (χ0n) is 8.62. The molecule has 1 aliphatic rings. The highest BCUT2D eigenvalue weighted by molar-refractivity contribution is 6.29. The number of carboxylic acids is 1. The van der Waals surface area contributed by atoms with Crippen LogP contribution in [0.5, 0.6) is 0 Å². The van der Waals surface area contributed by atoms with Crippen molar-refractivity contribution in [1.29, 1.82) is 0 Å². The number of halogens is 1. The normalized spacial score (nSPS) is 30.7. The summed E-state index contributed by atoms with van der Waals surface area (Å²) in [6, 6.07) is 0. The molecule has 1 rings (SSSR count). The average molecular weight is 215 g/mol. The van der Waals surface area contributed by atoms with E-state index in [4.69, 9.17) is 16.7 Å². The van der Waals surface area contributed by atoms with E-state index in [1.807, 2.05) is 26.0 Å². The van der Waals surface area contributed by atoms with Crippen LogP contribution in [0, 0.1) is 17.3 Å². The van der Waals surface area contributed by atoms with E-state index in [-0.39, 0.29) is 17.3 Å². The summed E-state index contributed by atoms with van der Waals surface area (Å²) in [5.41, 5.74) is -0.115. The van der Waals surface area contributed by atoms with Crippen LogP contribution in [0.1, 0.15) is 20.8 Å². The Balaban J connectivity index is 2.62. The lowest BCUT2D eigenvalue weighted by Crippen LogP contribution is -2.02. The topological polar surface area (TPSA) is 37.3 Å². The van der Waals surface area contributed by atoms with Gasteiger partial charge in [0.25, 0.3) is 0 Å². The van der Waals surface area contributed by atoms with Crippen LogP contribution < -0.4 is 0 Å². The fraction of sp³-hybridized carbons (Fsp3) is 0.545. The lowest BCUT2D eigenvalue weighted by Gasteiger charge is -1.95. The summed E-state index contributed by atoms with van der Waals surface area (Å²) in [7, 11) is 0. The molecular weight excluding hydrogens is 200 g/mol. The molecule has 1 N–H and O–H groups in total. The van der Waals surface area contributed by atoms with E-state index in [2.05, 4.69) is 0 Å². The van der Waals surface area contributed by atoms with Gasteiger partial charge >= 0.3 is 5.97 Å². The number of hydrogen-bond acceptors (Lipinski definition) is 1. The highest BCUT2D eigenvalue weighted by atomic mass is 35.5. The van der Waals surface area contributed by atoms with Crippen LogP contribution in [0.4, 0.5) is 0 Å². The van der Waals surface area contributed by atoms with Crippen molar-refractivity contribution in [2.75, 3.05) is 0 Å². The maximum Gasteiger partial charge on any atom is 0.307 e. The van der Waals surface area contributed by atoms with Gasteiger partial charge in [-0.05, 0) is 24.3 Å². The number of carbonyl (C=O) groups is 1. The Morgan fingerprint density at radius 3 is 2.43 bits per heavy atom. The first-order chi connectivity index (χ1) is 6.37. The Labute approximate surface area is 89.3 Å². The molecule has 0 aromatic heterocycles. The van der Waals surface area contributed by atoms with Crippen molar-refractivity contribution in [3.63, 3.8) is 0 Å². The predicted octanol–water partition coefficient (Wildman–Crippen LogP) is 3.04. The van der Waals surface area contributed by atoms with Crippen molar-refractivity contribution < 1.29 is 9.90 Å². The van der Waals surface area contributed by atoms with Gasteiger partial charge < -0.3 is 5.11 Å². The highest BCUT2D eigenvalue weighted by Gasteiger charge is 2.60. The summed E-state index contributed by atoms with van der Waals surface area (Å²) in [5, 5.41) is 9.59. The Kier molecular flexibility index (Phi) is 3.05. The second-order valence-electron chi connectivity index (χ2n) is 4.30. The van der Waals surface area contributed by atoms with Crippen molar-refractivity contribution in [3.05, 3.63) is 23.3 Å². The van der Waals surface area contributed by atoms with E-state index in [1.54, 1.807) is 13.0 Å². The SMILES string of the molecule is CC(Cl)=CC=CC1C(C(=O)O)C1(C)C. The van der Waals surface area contributed by atoms with Crippen molar-refractivity contribution in [3.8, 4) is 0 Å². The Hall–Kier alpha value is -0.760. The Morgan fingerprint density at radius 2 is 2.07 bits per heavy atom. The molecule has 0 heterocycles. The number of hydrogen-bond donors (Lipinski definition) is 1. The van der Waals surface area contributed by atoms with Gasteiger partial charge in [-0.2, -0.15) is 0 Å². The molecule has 1 fully saturated rings. The van der Waals surface area contributed by atoms with Gasteiger partial charge in [0, 0.05) is 5.03 Å². The third kappa shape index (κ3) is 2.18. The minimum absolute atomic E-state index is 0.115. The smallest absolute Gasteiger partial charge is 0.307 e. The monoisotopic (exact) mass is 214 g/mol. The molecule has 2 nitrogen and oxygen atoms in total. The molecule has 78 valence electrons. The average Bonchev–Trinajstić information content (AvgIpc) is 2.52. The molecule has 0 aromatic carbocycles. The van der Waals surface area contributed by atoms with Crippen LogP contribution in [0.2, 0.25) is 0 Å². The van der Waals surface area contributed by atoms with Crippen LogP contribution in [0.15, 0.2) is 23.3 Å². The molecule has 0 aliphatic heterocycles. The fourth-order valence-electron chi connectivity index (χ4n) is 1.82. The quantitative estimate of drug-likeness (QED) is 0.734. The molecule has 2 atom stereocenters. The Morgan fingerprint density at radius 1 is 1.50 bits per heavy atom. The molecule has 0 amide bonds. The number of rotatable bonds is 3. The summed E-state index contributed by atoms with van der Waals surface area (Å²) < 4.78 is 0. The minimum atomic E-state index is -0.712. The van der Waals surface area contributed by atoms with Gasteiger partial charge in [0.2, 0.25) is 0 Å². The van der Waals surface area contributed by atoms with E-state index in [9.17, 15) is 4.79 Å². The van der Waals surface area contributed by atoms with Crippen molar-refractivity contribution in [2.45, 2.75) is 20.8 Å².